The SMILES string of the molecule is c1ccc2[nH]c(-c3nnc(C4CCCC4)o3)cc2c1. The van der Waals surface area contributed by atoms with Crippen LogP contribution in [0.25, 0.3) is 22.5 Å². The first-order chi connectivity index (χ1) is 9.40. The molecule has 3 aromatic rings. The number of hydrogen-bond acceptors (Lipinski definition) is 3. The van der Waals surface area contributed by atoms with Crippen molar-refractivity contribution in [2.45, 2.75) is 31.6 Å². The van der Waals surface area contributed by atoms with Gasteiger partial charge in [-0.05, 0) is 25.0 Å². The molecule has 0 radical (unpaired) electrons. The van der Waals surface area contributed by atoms with Crippen molar-refractivity contribution in [1.82, 2.24) is 15.2 Å². The second-order valence-electron chi connectivity index (χ2n) is 5.20. The van der Waals surface area contributed by atoms with Crippen LogP contribution >= 0.6 is 0 Å². The maximum absolute atomic E-state index is 5.83. The molecule has 1 aromatic carbocycles. The lowest BCUT2D eigenvalue weighted by Crippen LogP contribution is -1.91. The van der Waals surface area contributed by atoms with E-state index in [1.54, 1.807) is 0 Å². The van der Waals surface area contributed by atoms with Gasteiger partial charge in [0.2, 0.25) is 5.89 Å². The van der Waals surface area contributed by atoms with Crippen LogP contribution in [0, 0.1) is 0 Å². The van der Waals surface area contributed by atoms with Crippen LogP contribution in [0.1, 0.15) is 37.5 Å². The zero-order chi connectivity index (χ0) is 12.7. The minimum atomic E-state index is 0.464. The number of para-hydroxylation sites is 1. The molecule has 1 saturated carbocycles. The van der Waals surface area contributed by atoms with Gasteiger partial charge in [0.25, 0.3) is 5.89 Å². The Morgan fingerprint density at radius 2 is 1.95 bits per heavy atom. The van der Waals surface area contributed by atoms with Gasteiger partial charge in [0.15, 0.2) is 0 Å². The van der Waals surface area contributed by atoms with E-state index >= 15 is 0 Å². The zero-order valence-electron chi connectivity index (χ0n) is 10.6. The van der Waals surface area contributed by atoms with Gasteiger partial charge in [-0.2, -0.15) is 0 Å². The molecule has 4 rings (SSSR count). The van der Waals surface area contributed by atoms with E-state index in [0.717, 1.165) is 22.5 Å². The first-order valence-electron chi connectivity index (χ1n) is 6.82. The number of fused-ring (bicyclic) bond motifs is 1. The first-order valence-corrected chi connectivity index (χ1v) is 6.82. The summed E-state index contributed by atoms with van der Waals surface area (Å²) >= 11 is 0. The molecule has 1 aliphatic carbocycles. The Labute approximate surface area is 110 Å². The van der Waals surface area contributed by atoms with Crippen LogP contribution in [0.4, 0.5) is 0 Å². The van der Waals surface area contributed by atoms with E-state index in [1.165, 1.54) is 25.7 Å². The van der Waals surface area contributed by atoms with E-state index in [9.17, 15) is 0 Å². The second kappa shape index (κ2) is 4.23. The summed E-state index contributed by atoms with van der Waals surface area (Å²) in [4.78, 5) is 3.32. The number of hydrogen-bond donors (Lipinski definition) is 1. The van der Waals surface area contributed by atoms with Crippen LogP contribution in [-0.4, -0.2) is 15.2 Å². The van der Waals surface area contributed by atoms with Crippen LogP contribution in [0.3, 0.4) is 0 Å². The van der Waals surface area contributed by atoms with Crippen molar-refractivity contribution in [3.8, 4) is 11.6 Å². The molecule has 4 nitrogen and oxygen atoms in total. The van der Waals surface area contributed by atoms with Crippen molar-refractivity contribution < 1.29 is 4.42 Å². The molecule has 1 N–H and O–H groups in total. The number of aromatic amines is 1. The van der Waals surface area contributed by atoms with Crippen LogP contribution < -0.4 is 0 Å². The van der Waals surface area contributed by atoms with Crippen molar-refractivity contribution >= 4 is 10.9 Å². The molecule has 2 aromatic heterocycles. The van der Waals surface area contributed by atoms with E-state index < -0.39 is 0 Å². The van der Waals surface area contributed by atoms with Crippen molar-refractivity contribution in [2.24, 2.45) is 0 Å². The highest BCUT2D eigenvalue weighted by molar-refractivity contribution is 5.84. The molecule has 0 bridgehead atoms. The first kappa shape index (κ1) is 10.8. The normalized spacial score (nSPS) is 16.4. The molecule has 0 spiro atoms. The Morgan fingerprint density at radius 1 is 1.11 bits per heavy atom. The summed E-state index contributed by atoms with van der Waals surface area (Å²) in [5.74, 6) is 1.86. The van der Waals surface area contributed by atoms with Gasteiger partial charge in [-0.25, -0.2) is 0 Å². The van der Waals surface area contributed by atoms with Crippen LogP contribution in [0.15, 0.2) is 34.7 Å². The summed E-state index contributed by atoms with van der Waals surface area (Å²) in [6.07, 6.45) is 4.90. The lowest BCUT2D eigenvalue weighted by molar-refractivity contribution is 0.456. The highest BCUT2D eigenvalue weighted by Crippen LogP contribution is 2.34. The van der Waals surface area contributed by atoms with E-state index in [4.69, 9.17) is 4.42 Å². The minimum absolute atomic E-state index is 0.464. The Morgan fingerprint density at radius 3 is 2.79 bits per heavy atom. The standard InChI is InChI=1S/C15H15N3O/c1-2-6-10(5-1)14-17-18-15(19-14)13-9-11-7-3-4-8-12(11)16-13/h3-4,7-10,16H,1-2,5-6H2. The quantitative estimate of drug-likeness (QED) is 0.754. The lowest BCUT2D eigenvalue weighted by atomic mass is 10.1. The molecular weight excluding hydrogens is 238 g/mol. The van der Waals surface area contributed by atoms with Gasteiger partial charge >= 0.3 is 0 Å². The third kappa shape index (κ3) is 1.84. The predicted molar refractivity (Wildman–Crippen MR) is 72.8 cm³/mol. The largest absolute Gasteiger partial charge is 0.419 e. The smallest absolute Gasteiger partial charge is 0.264 e. The fourth-order valence-corrected chi connectivity index (χ4v) is 2.87. The summed E-state index contributed by atoms with van der Waals surface area (Å²) < 4.78 is 5.83. The maximum atomic E-state index is 5.83. The Kier molecular flexibility index (Phi) is 2.40. The molecule has 0 aliphatic heterocycles. The zero-order valence-corrected chi connectivity index (χ0v) is 10.6. The Hall–Kier alpha value is -2.10. The summed E-state index contributed by atoms with van der Waals surface area (Å²) in [6.45, 7) is 0. The number of benzene rings is 1. The summed E-state index contributed by atoms with van der Waals surface area (Å²) in [5.41, 5.74) is 2.00. The van der Waals surface area contributed by atoms with Gasteiger partial charge in [-0.1, -0.05) is 31.0 Å². The maximum Gasteiger partial charge on any atom is 0.264 e. The number of nitrogens with one attached hydrogen (secondary N) is 1. The van der Waals surface area contributed by atoms with E-state index in [2.05, 4.69) is 27.3 Å². The monoisotopic (exact) mass is 253 g/mol. The Balaban J connectivity index is 1.71. The number of H-pyrrole nitrogens is 1. The van der Waals surface area contributed by atoms with Crippen molar-refractivity contribution in [2.75, 3.05) is 0 Å². The minimum Gasteiger partial charge on any atom is -0.419 e. The van der Waals surface area contributed by atoms with Crippen molar-refractivity contribution in [3.63, 3.8) is 0 Å². The predicted octanol–water partition coefficient (Wildman–Crippen LogP) is 3.88. The van der Waals surface area contributed by atoms with E-state index in [-0.39, 0.29) is 0 Å². The average Bonchev–Trinajstić information content (AvgIpc) is 3.17. The molecule has 96 valence electrons. The molecule has 0 unspecified atom stereocenters. The van der Waals surface area contributed by atoms with Gasteiger partial charge in [0, 0.05) is 16.8 Å². The lowest BCUT2D eigenvalue weighted by Gasteiger charge is -1.99. The third-order valence-corrected chi connectivity index (χ3v) is 3.91. The Bertz CT molecular complexity index is 674. The molecule has 19 heavy (non-hydrogen) atoms. The molecule has 0 amide bonds. The van der Waals surface area contributed by atoms with E-state index in [0.29, 0.717) is 11.8 Å². The van der Waals surface area contributed by atoms with Gasteiger partial charge < -0.3 is 9.40 Å². The highest BCUT2D eigenvalue weighted by Gasteiger charge is 2.23. The third-order valence-electron chi connectivity index (χ3n) is 3.91. The summed E-state index contributed by atoms with van der Waals surface area (Å²) in [7, 11) is 0. The van der Waals surface area contributed by atoms with Gasteiger partial charge in [0.1, 0.15) is 5.69 Å². The molecule has 1 fully saturated rings. The number of aromatic nitrogens is 3. The summed E-state index contributed by atoms with van der Waals surface area (Å²) in [5, 5.41) is 9.55. The van der Waals surface area contributed by atoms with Crippen LogP contribution in [-0.2, 0) is 0 Å². The van der Waals surface area contributed by atoms with Gasteiger partial charge in [-0.3, -0.25) is 0 Å². The topological polar surface area (TPSA) is 54.7 Å². The van der Waals surface area contributed by atoms with Crippen LogP contribution in [0.5, 0.6) is 0 Å². The molecule has 1 aliphatic rings. The fraction of sp³-hybridized carbons (Fsp3) is 0.333. The van der Waals surface area contributed by atoms with Crippen LogP contribution in [0.2, 0.25) is 0 Å². The molecule has 2 heterocycles. The molecule has 0 atom stereocenters. The summed E-state index contributed by atoms with van der Waals surface area (Å²) in [6, 6.07) is 10.2. The molecule has 4 heteroatoms. The number of nitrogens with zero attached hydrogens (tertiary/aromatic N) is 2. The highest BCUT2D eigenvalue weighted by atomic mass is 16.4. The number of rotatable bonds is 2. The van der Waals surface area contributed by atoms with Crippen molar-refractivity contribution in [1.29, 1.82) is 0 Å². The van der Waals surface area contributed by atoms with Gasteiger partial charge in [0.05, 0.1) is 0 Å². The van der Waals surface area contributed by atoms with E-state index in [1.807, 2.05) is 18.2 Å². The average molecular weight is 253 g/mol. The fourth-order valence-electron chi connectivity index (χ4n) is 2.87. The second-order valence-corrected chi connectivity index (χ2v) is 5.20. The molecule has 0 saturated heterocycles. The molecular formula is C15H15N3O. The van der Waals surface area contributed by atoms with Gasteiger partial charge in [-0.15, -0.1) is 10.2 Å². The van der Waals surface area contributed by atoms with Crippen molar-refractivity contribution in [3.05, 3.63) is 36.2 Å².